The number of fused-ring (bicyclic) bond motifs is 1. The summed E-state index contributed by atoms with van der Waals surface area (Å²) in [6.07, 6.45) is 0. The fraction of sp³-hybridized carbons (Fsp3) is 0. The number of nitrogens with zero attached hydrogens (tertiary/aromatic N) is 1. The lowest BCUT2D eigenvalue weighted by molar-refractivity contribution is 0.0699. The first kappa shape index (κ1) is 10.9. The molecule has 0 aliphatic rings. The van der Waals surface area contributed by atoms with Crippen LogP contribution in [-0.2, 0) is 0 Å². The molecule has 0 aliphatic carbocycles. The van der Waals surface area contributed by atoms with Crippen LogP contribution in [0.25, 0.3) is 21.7 Å². The van der Waals surface area contributed by atoms with E-state index >= 15 is 0 Å². The number of imidazole rings is 1. The van der Waals surface area contributed by atoms with Gasteiger partial charge in [0, 0.05) is 0 Å². The average Bonchev–Trinajstić information content (AvgIpc) is 2.97. The summed E-state index contributed by atoms with van der Waals surface area (Å²) in [6, 6.07) is 6.03. The molecular weight excluding hydrogens is 255 g/mol. The summed E-state index contributed by atoms with van der Waals surface area (Å²) >= 11 is 1.45. The Bertz CT molecular complexity index is 734. The number of rotatable bonds is 2. The number of thiophene rings is 1. The minimum absolute atomic E-state index is 0.0155. The van der Waals surface area contributed by atoms with Gasteiger partial charge in [0.1, 0.15) is 11.3 Å². The van der Waals surface area contributed by atoms with E-state index in [1.807, 2.05) is 17.5 Å². The molecule has 1 aromatic carbocycles. The lowest BCUT2D eigenvalue weighted by Crippen LogP contribution is -1.98. The number of carboxylic acids is 1. The van der Waals surface area contributed by atoms with Crippen LogP contribution in [0.15, 0.2) is 29.6 Å². The second-order valence-electron chi connectivity index (χ2n) is 3.69. The van der Waals surface area contributed by atoms with Gasteiger partial charge in [-0.3, -0.25) is 0 Å². The van der Waals surface area contributed by atoms with Crippen LogP contribution < -0.4 is 0 Å². The van der Waals surface area contributed by atoms with E-state index in [2.05, 4.69) is 9.97 Å². The average molecular weight is 262 g/mol. The Morgan fingerprint density at radius 3 is 2.89 bits per heavy atom. The summed E-state index contributed by atoms with van der Waals surface area (Å²) < 4.78 is 13.6. The van der Waals surface area contributed by atoms with Gasteiger partial charge in [-0.15, -0.1) is 11.3 Å². The first-order valence-corrected chi connectivity index (χ1v) is 6.00. The van der Waals surface area contributed by atoms with Gasteiger partial charge in [-0.05, 0) is 23.6 Å². The summed E-state index contributed by atoms with van der Waals surface area (Å²) in [5.41, 5.74) is 0.283. The van der Waals surface area contributed by atoms with Crippen LogP contribution >= 0.6 is 11.3 Å². The minimum Gasteiger partial charge on any atom is -0.478 e. The van der Waals surface area contributed by atoms with Crippen LogP contribution in [0.2, 0.25) is 0 Å². The van der Waals surface area contributed by atoms with Gasteiger partial charge in [0.2, 0.25) is 0 Å². The van der Waals surface area contributed by atoms with Gasteiger partial charge in [0.15, 0.2) is 5.82 Å². The fourth-order valence-electron chi connectivity index (χ4n) is 1.77. The van der Waals surface area contributed by atoms with Crippen molar-refractivity contribution in [1.82, 2.24) is 9.97 Å². The van der Waals surface area contributed by atoms with Gasteiger partial charge < -0.3 is 10.1 Å². The number of benzene rings is 1. The van der Waals surface area contributed by atoms with Crippen LogP contribution in [0, 0.1) is 5.82 Å². The van der Waals surface area contributed by atoms with Crippen molar-refractivity contribution in [3.63, 3.8) is 0 Å². The second-order valence-corrected chi connectivity index (χ2v) is 4.63. The lowest BCUT2D eigenvalue weighted by Gasteiger charge is -1.96. The van der Waals surface area contributed by atoms with Crippen LogP contribution in [0.5, 0.6) is 0 Å². The number of halogens is 1. The predicted octanol–water partition coefficient (Wildman–Crippen LogP) is 3.13. The van der Waals surface area contributed by atoms with E-state index in [0.717, 1.165) is 10.9 Å². The Morgan fingerprint density at radius 1 is 1.39 bits per heavy atom. The molecule has 3 rings (SSSR count). The SMILES string of the molecule is O=C(O)c1ccc(F)c2nc(-c3cccs3)[nH]c12. The number of nitrogens with one attached hydrogen (secondary N) is 1. The van der Waals surface area contributed by atoms with Crippen LogP contribution in [0.3, 0.4) is 0 Å². The van der Waals surface area contributed by atoms with Gasteiger partial charge in [-0.25, -0.2) is 14.2 Å². The molecule has 2 N–H and O–H groups in total. The molecule has 4 nitrogen and oxygen atoms in total. The molecule has 2 aromatic heterocycles. The van der Waals surface area contributed by atoms with E-state index in [4.69, 9.17) is 5.11 Å². The minimum atomic E-state index is -1.11. The normalized spacial score (nSPS) is 10.9. The molecule has 0 aliphatic heterocycles. The highest BCUT2D eigenvalue weighted by Gasteiger charge is 2.16. The smallest absolute Gasteiger partial charge is 0.337 e. The predicted molar refractivity (Wildman–Crippen MR) is 66.3 cm³/mol. The third kappa shape index (κ3) is 1.58. The van der Waals surface area contributed by atoms with Crippen molar-refractivity contribution < 1.29 is 14.3 Å². The van der Waals surface area contributed by atoms with Gasteiger partial charge in [0.25, 0.3) is 0 Å². The summed E-state index contributed by atoms with van der Waals surface area (Å²) in [5.74, 6) is -1.16. The van der Waals surface area contributed by atoms with Crippen molar-refractivity contribution in [2.75, 3.05) is 0 Å². The van der Waals surface area contributed by atoms with Gasteiger partial charge in [-0.1, -0.05) is 6.07 Å². The fourth-order valence-corrected chi connectivity index (χ4v) is 2.44. The zero-order valence-corrected chi connectivity index (χ0v) is 9.79. The van der Waals surface area contributed by atoms with Crippen molar-refractivity contribution >= 4 is 28.3 Å². The van der Waals surface area contributed by atoms with Crippen molar-refractivity contribution in [3.8, 4) is 10.7 Å². The highest BCUT2D eigenvalue weighted by molar-refractivity contribution is 7.13. The molecule has 0 spiro atoms. The molecule has 2 heterocycles. The third-order valence-corrected chi connectivity index (χ3v) is 3.46. The molecule has 3 aromatic rings. The maximum Gasteiger partial charge on any atom is 0.337 e. The van der Waals surface area contributed by atoms with Crippen molar-refractivity contribution in [3.05, 3.63) is 41.0 Å². The van der Waals surface area contributed by atoms with Crippen molar-refractivity contribution in [2.45, 2.75) is 0 Å². The summed E-state index contributed by atoms with van der Waals surface area (Å²) in [5, 5.41) is 10.9. The van der Waals surface area contributed by atoms with Gasteiger partial charge in [0.05, 0.1) is 16.0 Å². The van der Waals surface area contributed by atoms with Crippen molar-refractivity contribution in [1.29, 1.82) is 0 Å². The van der Waals surface area contributed by atoms with E-state index < -0.39 is 11.8 Å². The Labute approximate surface area is 105 Å². The van der Waals surface area contributed by atoms with Crippen molar-refractivity contribution in [2.24, 2.45) is 0 Å². The van der Waals surface area contributed by atoms with Gasteiger partial charge >= 0.3 is 5.97 Å². The number of aromatic carboxylic acids is 1. The van der Waals surface area contributed by atoms with E-state index in [9.17, 15) is 9.18 Å². The molecule has 0 saturated carbocycles. The number of hydrogen-bond acceptors (Lipinski definition) is 3. The Kier molecular flexibility index (Phi) is 2.38. The maximum absolute atomic E-state index is 13.6. The number of carbonyl (C=O) groups is 1. The molecule has 0 radical (unpaired) electrons. The molecule has 0 bridgehead atoms. The maximum atomic E-state index is 13.6. The Balaban J connectivity index is 2.31. The lowest BCUT2D eigenvalue weighted by atomic mass is 10.2. The molecule has 0 unspecified atom stereocenters. The first-order chi connectivity index (χ1) is 8.66. The standard InChI is InChI=1S/C12H7FN2O2S/c13-7-4-3-6(12(16)17)9-10(7)15-11(14-9)8-2-1-5-18-8/h1-5H,(H,14,15)(H,16,17). The molecule has 0 saturated heterocycles. The largest absolute Gasteiger partial charge is 0.478 e. The van der Waals surface area contributed by atoms with Crippen LogP contribution in [-0.4, -0.2) is 21.0 Å². The zero-order chi connectivity index (χ0) is 12.7. The summed E-state index contributed by atoms with van der Waals surface area (Å²) in [7, 11) is 0. The quantitative estimate of drug-likeness (QED) is 0.745. The second kappa shape index (κ2) is 3.92. The molecule has 0 fully saturated rings. The van der Waals surface area contributed by atoms with Gasteiger partial charge in [-0.2, -0.15) is 0 Å². The van der Waals surface area contributed by atoms with Crippen LogP contribution in [0.4, 0.5) is 4.39 Å². The number of aromatic nitrogens is 2. The number of carboxylic acid groups (broad SMARTS) is 1. The molecule has 0 amide bonds. The highest BCUT2D eigenvalue weighted by Crippen LogP contribution is 2.27. The monoisotopic (exact) mass is 262 g/mol. The zero-order valence-electron chi connectivity index (χ0n) is 8.98. The highest BCUT2D eigenvalue weighted by atomic mass is 32.1. The van der Waals surface area contributed by atoms with E-state index in [-0.39, 0.29) is 16.6 Å². The molecule has 0 atom stereocenters. The first-order valence-electron chi connectivity index (χ1n) is 5.12. The van der Waals surface area contributed by atoms with E-state index in [0.29, 0.717) is 5.82 Å². The topological polar surface area (TPSA) is 66.0 Å². The number of hydrogen-bond donors (Lipinski definition) is 2. The van der Waals surface area contributed by atoms with E-state index in [1.165, 1.54) is 17.4 Å². The van der Waals surface area contributed by atoms with Crippen LogP contribution in [0.1, 0.15) is 10.4 Å². The third-order valence-electron chi connectivity index (χ3n) is 2.58. The number of H-pyrrole nitrogens is 1. The molecule has 18 heavy (non-hydrogen) atoms. The number of aromatic amines is 1. The molecule has 6 heteroatoms. The molecular formula is C12H7FN2O2S. The molecule has 90 valence electrons. The Morgan fingerprint density at radius 2 is 2.22 bits per heavy atom. The Hall–Kier alpha value is -2.21. The summed E-state index contributed by atoms with van der Waals surface area (Å²) in [4.78, 5) is 18.9. The summed E-state index contributed by atoms with van der Waals surface area (Å²) in [6.45, 7) is 0. The van der Waals surface area contributed by atoms with E-state index in [1.54, 1.807) is 0 Å².